The summed E-state index contributed by atoms with van der Waals surface area (Å²) in [4.78, 5) is 14.5. The van der Waals surface area contributed by atoms with E-state index in [-0.39, 0.29) is 5.91 Å². The van der Waals surface area contributed by atoms with Crippen molar-refractivity contribution in [1.82, 2.24) is 14.7 Å². The molecule has 1 aliphatic rings. The average Bonchev–Trinajstić information content (AvgIpc) is 2.83. The number of carbonyl (C=O) groups excluding carboxylic acids is 1. The molecule has 0 bridgehead atoms. The molecule has 0 aliphatic carbocycles. The van der Waals surface area contributed by atoms with Crippen LogP contribution in [0.1, 0.15) is 28.8 Å². The molecular formula is C16H20N4O. The molecule has 2 heterocycles. The van der Waals surface area contributed by atoms with Crippen LogP contribution in [-0.2, 0) is 13.0 Å². The van der Waals surface area contributed by atoms with Crippen LogP contribution in [0.15, 0.2) is 36.5 Å². The Morgan fingerprint density at radius 2 is 2.05 bits per heavy atom. The molecule has 5 heteroatoms. The largest absolute Gasteiger partial charge is 0.382 e. The number of fused-ring (bicyclic) bond motifs is 1. The summed E-state index contributed by atoms with van der Waals surface area (Å²) in [6.45, 7) is 2.37. The SMILES string of the molecule is Nc1ccn(CCCN2CCCc3ccccc3C2=O)n1. The second kappa shape index (κ2) is 5.99. The number of aryl methyl sites for hydroxylation is 2. The summed E-state index contributed by atoms with van der Waals surface area (Å²) >= 11 is 0. The topological polar surface area (TPSA) is 64.2 Å². The molecule has 0 unspecified atom stereocenters. The molecule has 0 atom stereocenters. The molecule has 2 N–H and O–H groups in total. The molecular weight excluding hydrogens is 264 g/mol. The highest BCUT2D eigenvalue weighted by Gasteiger charge is 2.21. The van der Waals surface area contributed by atoms with Gasteiger partial charge >= 0.3 is 0 Å². The monoisotopic (exact) mass is 284 g/mol. The number of hydrogen-bond acceptors (Lipinski definition) is 3. The zero-order valence-electron chi connectivity index (χ0n) is 12.0. The number of benzene rings is 1. The number of nitrogens with zero attached hydrogens (tertiary/aromatic N) is 3. The van der Waals surface area contributed by atoms with E-state index in [2.05, 4.69) is 11.2 Å². The summed E-state index contributed by atoms with van der Waals surface area (Å²) in [6, 6.07) is 9.72. The molecule has 1 aromatic carbocycles. The van der Waals surface area contributed by atoms with Crippen molar-refractivity contribution in [2.75, 3.05) is 18.8 Å². The third-order valence-electron chi connectivity index (χ3n) is 3.89. The molecule has 3 rings (SSSR count). The van der Waals surface area contributed by atoms with E-state index in [0.717, 1.165) is 44.5 Å². The molecule has 0 saturated heterocycles. The van der Waals surface area contributed by atoms with Crippen molar-refractivity contribution in [3.05, 3.63) is 47.7 Å². The molecule has 110 valence electrons. The van der Waals surface area contributed by atoms with Crippen molar-refractivity contribution in [2.45, 2.75) is 25.8 Å². The van der Waals surface area contributed by atoms with E-state index in [1.165, 1.54) is 5.56 Å². The minimum absolute atomic E-state index is 0.156. The van der Waals surface area contributed by atoms with Crippen LogP contribution in [0.25, 0.3) is 0 Å². The Hall–Kier alpha value is -2.30. The first-order chi connectivity index (χ1) is 10.2. The lowest BCUT2D eigenvalue weighted by atomic mass is 10.0. The molecule has 1 aliphatic heterocycles. The first-order valence-corrected chi connectivity index (χ1v) is 7.40. The van der Waals surface area contributed by atoms with Crippen molar-refractivity contribution in [3.63, 3.8) is 0 Å². The second-order valence-corrected chi connectivity index (χ2v) is 5.41. The fraction of sp³-hybridized carbons (Fsp3) is 0.375. The lowest BCUT2D eigenvalue weighted by Crippen LogP contribution is -2.32. The number of nitrogen functional groups attached to an aromatic ring is 1. The summed E-state index contributed by atoms with van der Waals surface area (Å²) in [7, 11) is 0. The first kappa shape index (κ1) is 13.7. The lowest BCUT2D eigenvalue weighted by Gasteiger charge is -2.20. The van der Waals surface area contributed by atoms with Crippen LogP contribution >= 0.6 is 0 Å². The lowest BCUT2D eigenvalue weighted by molar-refractivity contribution is 0.0756. The highest BCUT2D eigenvalue weighted by atomic mass is 16.2. The zero-order valence-corrected chi connectivity index (χ0v) is 12.0. The van der Waals surface area contributed by atoms with E-state index in [0.29, 0.717) is 5.82 Å². The van der Waals surface area contributed by atoms with Crippen molar-refractivity contribution in [2.24, 2.45) is 0 Å². The zero-order chi connectivity index (χ0) is 14.7. The van der Waals surface area contributed by atoms with Crippen molar-refractivity contribution >= 4 is 11.7 Å². The van der Waals surface area contributed by atoms with Gasteiger partial charge in [-0.15, -0.1) is 0 Å². The smallest absolute Gasteiger partial charge is 0.254 e. The third kappa shape index (κ3) is 3.07. The molecule has 1 amide bonds. The van der Waals surface area contributed by atoms with Crippen molar-refractivity contribution in [3.8, 4) is 0 Å². The van der Waals surface area contributed by atoms with Crippen LogP contribution in [0.2, 0.25) is 0 Å². The minimum Gasteiger partial charge on any atom is -0.382 e. The van der Waals surface area contributed by atoms with Gasteiger partial charge in [-0.05, 0) is 37.0 Å². The normalized spacial score (nSPS) is 14.9. The maximum atomic E-state index is 12.6. The Bertz CT molecular complexity index is 635. The Balaban J connectivity index is 1.62. The van der Waals surface area contributed by atoms with E-state index in [1.807, 2.05) is 34.0 Å². The number of aromatic nitrogens is 2. The van der Waals surface area contributed by atoms with Crippen LogP contribution in [-0.4, -0.2) is 33.7 Å². The van der Waals surface area contributed by atoms with E-state index in [9.17, 15) is 4.79 Å². The Kier molecular flexibility index (Phi) is 3.90. The number of carbonyl (C=O) groups is 1. The predicted molar refractivity (Wildman–Crippen MR) is 81.9 cm³/mol. The van der Waals surface area contributed by atoms with Crippen LogP contribution in [0, 0.1) is 0 Å². The van der Waals surface area contributed by atoms with Crippen LogP contribution in [0.5, 0.6) is 0 Å². The summed E-state index contributed by atoms with van der Waals surface area (Å²) < 4.78 is 1.82. The summed E-state index contributed by atoms with van der Waals surface area (Å²) in [5.74, 6) is 0.692. The standard InChI is InChI=1S/C16H20N4O/c17-15-8-12-20(18-15)11-4-10-19-9-3-6-13-5-1-2-7-14(13)16(19)21/h1-2,5,7-8,12H,3-4,6,9-11H2,(H2,17,18). The summed E-state index contributed by atoms with van der Waals surface area (Å²) in [5.41, 5.74) is 7.62. The molecule has 5 nitrogen and oxygen atoms in total. The number of nitrogens with two attached hydrogens (primary N) is 1. The Labute approximate surface area is 124 Å². The van der Waals surface area contributed by atoms with E-state index >= 15 is 0 Å². The molecule has 2 aromatic rings. The number of anilines is 1. The third-order valence-corrected chi connectivity index (χ3v) is 3.89. The summed E-state index contributed by atoms with van der Waals surface area (Å²) in [6.07, 6.45) is 4.76. The van der Waals surface area contributed by atoms with E-state index < -0.39 is 0 Å². The average molecular weight is 284 g/mol. The predicted octanol–water partition coefficient (Wildman–Crippen LogP) is 1.94. The highest BCUT2D eigenvalue weighted by Crippen LogP contribution is 2.18. The van der Waals surface area contributed by atoms with Gasteiger partial charge < -0.3 is 10.6 Å². The fourth-order valence-corrected chi connectivity index (χ4v) is 2.82. The van der Waals surface area contributed by atoms with Gasteiger partial charge in [-0.3, -0.25) is 9.48 Å². The van der Waals surface area contributed by atoms with Gasteiger partial charge in [0.25, 0.3) is 5.91 Å². The number of rotatable bonds is 4. The molecule has 1 aromatic heterocycles. The Morgan fingerprint density at radius 1 is 1.19 bits per heavy atom. The van der Waals surface area contributed by atoms with Gasteiger partial charge in [-0.1, -0.05) is 18.2 Å². The van der Waals surface area contributed by atoms with Gasteiger partial charge in [-0.25, -0.2) is 0 Å². The van der Waals surface area contributed by atoms with Gasteiger partial charge in [0, 0.05) is 31.4 Å². The second-order valence-electron chi connectivity index (χ2n) is 5.41. The number of amides is 1. The molecule has 0 saturated carbocycles. The quantitative estimate of drug-likeness (QED) is 0.933. The molecule has 21 heavy (non-hydrogen) atoms. The maximum absolute atomic E-state index is 12.6. The molecule has 0 fully saturated rings. The molecule has 0 radical (unpaired) electrons. The van der Waals surface area contributed by atoms with Gasteiger partial charge in [-0.2, -0.15) is 5.10 Å². The van der Waals surface area contributed by atoms with Crippen LogP contribution in [0.3, 0.4) is 0 Å². The fourth-order valence-electron chi connectivity index (χ4n) is 2.82. The van der Waals surface area contributed by atoms with E-state index in [1.54, 1.807) is 6.07 Å². The van der Waals surface area contributed by atoms with Gasteiger partial charge in [0.2, 0.25) is 0 Å². The minimum atomic E-state index is 0.156. The van der Waals surface area contributed by atoms with Crippen molar-refractivity contribution < 1.29 is 4.79 Å². The summed E-state index contributed by atoms with van der Waals surface area (Å²) in [5, 5.41) is 4.16. The van der Waals surface area contributed by atoms with Gasteiger partial charge in [0.15, 0.2) is 0 Å². The Morgan fingerprint density at radius 3 is 2.86 bits per heavy atom. The van der Waals surface area contributed by atoms with E-state index in [4.69, 9.17) is 5.73 Å². The van der Waals surface area contributed by atoms with Crippen LogP contribution < -0.4 is 5.73 Å². The molecule has 0 spiro atoms. The van der Waals surface area contributed by atoms with Gasteiger partial charge in [0.05, 0.1) is 0 Å². The number of hydrogen-bond donors (Lipinski definition) is 1. The first-order valence-electron chi connectivity index (χ1n) is 7.40. The highest BCUT2D eigenvalue weighted by molar-refractivity contribution is 5.96. The van der Waals surface area contributed by atoms with Crippen molar-refractivity contribution in [1.29, 1.82) is 0 Å². The van der Waals surface area contributed by atoms with Gasteiger partial charge in [0.1, 0.15) is 5.82 Å². The van der Waals surface area contributed by atoms with Crippen LogP contribution in [0.4, 0.5) is 5.82 Å². The maximum Gasteiger partial charge on any atom is 0.254 e.